The molecule has 4 nitrogen and oxygen atoms in total. The van der Waals surface area contributed by atoms with Crippen LogP contribution in [0.15, 0.2) is 36.4 Å². The highest BCUT2D eigenvalue weighted by Crippen LogP contribution is 2.37. The zero-order valence-electron chi connectivity index (χ0n) is 19.1. The zero-order chi connectivity index (χ0) is 22.3. The summed E-state index contributed by atoms with van der Waals surface area (Å²) in [7, 11) is 0. The Morgan fingerprint density at radius 3 is 2.23 bits per heavy atom. The SMILES string of the molecule is CCCCc1ccc(C(=O)Oc2c(C)cc(C)cc2C(C(=O)OCC)C(C)C)cc1. The molecule has 162 valence electrons. The van der Waals surface area contributed by atoms with Gasteiger partial charge in [-0.2, -0.15) is 0 Å². The van der Waals surface area contributed by atoms with Crippen LogP contribution in [0.2, 0.25) is 0 Å². The molecule has 2 aromatic carbocycles. The van der Waals surface area contributed by atoms with Crippen LogP contribution in [-0.2, 0) is 16.0 Å². The minimum atomic E-state index is -0.497. The third-order valence-electron chi connectivity index (χ3n) is 5.19. The fraction of sp³-hybridized carbons (Fsp3) is 0.462. The first-order chi connectivity index (χ1) is 14.3. The molecule has 0 bridgehead atoms. The first-order valence-corrected chi connectivity index (χ1v) is 10.9. The van der Waals surface area contributed by atoms with Crippen molar-refractivity contribution in [2.45, 2.75) is 66.7 Å². The van der Waals surface area contributed by atoms with Crippen molar-refractivity contribution in [2.24, 2.45) is 5.92 Å². The molecule has 0 saturated heterocycles. The van der Waals surface area contributed by atoms with Crippen molar-refractivity contribution in [3.8, 4) is 5.75 Å². The Hall–Kier alpha value is -2.62. The van der Waals surface area contributed by atoms with Gasteiger partial charge in [-0.25, -0.2) is 4.79 Å². The van der Waals surface area contributed by atoms with Gasteiger partial charge in [-0.3, -0.25) is 4.79 Å². The van der Waals surface area contributed by atoms with Gasteiger partial charge in [0.25, 0.3) is 0 Å². The second-order valence-electron chi connectivity index (χ2n) is 8.16. The van der Waals surface area contributed by atoms with Crippen molar-refractivity contribution in [2.75, 3.05) is 6.61 Å². The molecule has 0 aliphatic carbocycles. The van der Waals surface area contributed by atoms with Gasteiger partial charge in [0.05, 0.1) is 18.1 Å². The monoisotopic (exact) mass is 410 g/mol. The summed E-state index contributed by atoms with van der Waals surface area (Å²) in [5.41, 5.74) is 4.25. The molecule has 0 fully saturated rings. The van der Waals surface area contributed by atoms with E-state index >= 15 is 0 Å². The minimum Gasteiger partial charge on any atom is -0.466 e. The summed E-state index contributed by atoms with van der Waals surface area (Å²) in [6.45, 7) is 12.1. The van der Waals surface area contributed by atoms with E-state index in [4.69, 9.17) is 9.47 Å². The Morgan fingerprint density at radius 1 is 1.00 bits per heavy atom. The molecule has 4 heteroatoms. The molecule has 0 radical (unpaired) electrons. The summed E-state index contributed by atoms with van der Waals surface area (Å²) in [4.78, 5) is 25.6. The van der Waals surface area contributed by atoms with Crippen LogP contribution in [0.3, 0.4) is 0 Å². The second-order valence-corrected chi connectivity index (χ2v) is 8.16. The van der Waals surface area contributed by atoms with Crippen molar-refractivity contribution in [1.29, 1.82) is 0 Å². The third kappa shape index (κ3) is 5.94. The van der Waals surface area contributed by atoms with E-state index in [-0.39, 0.29) is 11.9 Å². The number of unbranched alkanes of at least 4 members (excludes halogenated alkanes) is 1. The van der Waals surface area contributed by atoms with E-state index in [1.807, 2.05) is 64.1 Å². The molecule has 0 N–H and O–H groups in total. The Morgan fingerprint density at radius 2 is 1.67 bits per heavy atom. The molecule has 30 heavy (non-hydrogen) atoms. The summed E-state index contributed by atoms with van der Waals surface area (Å²) in [6, 6.07) is 11.5. The van der Waals surface area contributed by atoms with Gasteiger partial charge in [-0.15, -0.1) is 0 Å². The topological polar surface area (TPSA) is 52.6 Å². The molecule has 0 amide bonds. The largest absolute Gasteiger partial charge is 0.466 e. The van der Waals surface area contributed by atoms with Crippen LogP contribution >= 0.6 is 0 Å². The fourth-order valence-electron chi connectivity index (χ4n) is 3.69. The van der Waals surface area contributed by atoms with Gasteiger partial charge >= 0.3 is 11.9 Å². The van der Waals surface area contributed by atoms with Crippen LogP contribution in [0.25, 0.3) is 0 Å². The highest BCUT2D eigenvalue weighted by molar-refractivity contribution is 5.92. The number of carbonyl (C=O) groups excluding carboxylic acids is 2. The lowest BCUT2D eigenvalue weighted by molar-refractivity contribution is -0.146. The smallest absolute Gasteiger partial charge is 0.343 e. The van der Waals surface area contributed by atoms with Crippen molar-refractivity contribution < 1.29 is 19.1 Å². The molecule has 2 aromatic rings. The normalized spacial score (nSPS) is 12.0. The summed E-state index contributed by atoms with van der Waals surface area (Å²) in [5.74, 6) is -0.762. The molecule has 0 aliphatic heterocycles. The van der Waals surface area contributed by atoms with Crippen molar-refractivity contribution in [3.05, 3.63) is 64.2 Å². The number of aryl methyl sites for hydroxylation is 3. The van der Waals surface area contributed by atoms with E-state index in [2.05, 4.69) is 6.92 Å². The lowest BCUT2D eigenvalue weighted by Crippen LogP contribution is -2.23. The lowest BCUT2D eigenvalue weighted by atomic mass is 9.86. The maximum absolute atomic E-state index is 12.9. The van der Waals surface area contributed by atoms with Gasteiger partial charge in [0, 0.05) is 5.56 Å². The van der Waals surface area contributed by atoms with E-state index in [1.54, 1.807) is 6.92 Å². The second kappa shape index (κ2) is 11.0. The van der Waals surface area contributed by atoms with Crippen LogP contribution in [0.5, 0.6) is 5.75 Å². The lowest BCUT2D eigenvalue weighted by Gasteiger charge is -2.23. The molecule has 0 aliphatic rings. The molecular weight excluding hydrogens is 376 g/mol. The van der Waals surface area contributed by atoms with Crippen LogP contribution in [0.1, 0.15) is 79.1 Å². The highest BCUT2D eigenvalue weighted by atomic mass is 16.5. The van der Waals surface area contributed by atoms with Gasteiger partial charge in [-0.1, -0.05) is 57.0 Å². The van der Waals surface area contributed by atoms with E-state index in [0.717, 1.165) is 30.4 Å². The molecular formula is C26H34O4. The van der Waals surface area contributed by atoms with Gasteiger partial charge in [0.1, 0.15) is 5.75 Å². The Labute approximate surface area is 180 Å². The minimum absolute atomic E-state index is 0.000510. The van der Waals surface area contributed by atoms with E-state index in [0.29, 0.717) is 23.5 Å². The number of carbonyl (C=O) groups is 2. The van der Waals surface area contributed by atoms with E-state index in [9.17, 15) is 9.59 Å². The molecule has 0 aromatic heterocycles. The highest BCUT2D eigenvalue weighted by Gasteiger charge is 2.30. The van der Waals surface area contributed by atoms with Crippen LogP contribution in [-0.4, -0.2) is 18.5 Å². The number of hydrogen-bond donors (Lipinski definition) is 0. The molecule has 0 saturated carbocycles. The maximum atomic E-state index is 12.9. The first kappa shape index (κ1) is 23.7. The number of esters is 2. The Kier molecular flexibility index (Phi) is 8.64. The summed E-state index contributed by atoms with van der Waals surface area (Å²) < 4.78 is 11.2. The standard InChI is InChI=1S/C26H34O4/c1-7-9-10-20-11-13-21(14-12-20)25(27)30-24-19(6)15-18(5)16-22(24)23(17(3)4)26(28)29-8-2/h11-17,23H,7-10H2,1-6H3. The number of ether oxygens (including phenoxy) is 2. The van der Waals surface area contributed by atoms with Gasteiger partial charge in [0.2, 0.25) is 0 Å². The summed E-state index contributed by atoms with van der Waals surface area (Å²) in [6.07, 6.45) is 3.26. The van der Waals surface area contributed by atoms with Gasteiger partial charge in [-0.05, 0) is 62.8 Å². The number of rotatable bonds is 9. The van der Waals surface area contributed by atoms with E-state index < -0.39 is 11.9 Å². The number of benzene rings is 2. The summed E-state index contributed by atoms with van der Waals surface area (Å²) in [5, 5.41) is 0. The van der Waals surface area contributed by atoms with Crippen molar-refractivity contribution in [3.63, 3.8) is 0 Å². The molecule has 1 atom stereocenters. The third-order valence-corrected chi connectivity index (χ3v) is 5.19. The van der Waals surface area contributed by atoms with E-state index in [1.165, 1.54) is 5.56 Å². The van der Waals surface area contributed by atoms with Crippen molar-refractivity contribution in [1.82, 2.24) is 0 Å². The molecule has 0 heterocycles. The Balaban J connectivity index is 2.36. The maximum Gasteiger partial charge on any atom is 0.343 e. The van der Waals surface area contributed by atoms with Crippen LogP contribution in [0, 0.1) is 19.8 Å². The number of hydrogen-bond acceptors (Lipinski definition) is 4. The van der Waals surface area contributed by atoms with Crippen molar-refractivity contribution >= 4 is 11.9 Å². The first-order valence-electron chi connectivity index (χ1n) is 10.9. The predicted molar refractivity (Wildman–Crippen MR) is 120 cm³/mol. The van der Waals surface area contributed by atoms with Gasteiger partial charge < -0.3 is 9.47 Å². The summed E-state index contributed by atoms with van der Waals surface area (Å²) >= 11 is 0. The zero-order valence-corrected chi connectivity index (χ0v) is 19.1. The molecule has 0 spiro atoms. The average Bonchev–Trinajstić information content (AvgIpc) is 2.69. The molecule has 1 unspecified atom stereocenters. The fourth-order valence-corrected chi connectivity index (χ4v) is 3.69. The molecule has 2 rings (SSSR count). The van der Waals surface area contributed by atoms with Crippen LogP contribution in [0.4, 0.5) is 0 Å². The van der Waals surface area contributed by atoms with Gasteiger partial charge in [0.15, 0.2) is 0 Å². The average molecular weight is 411 g/mol. The van der Waals surface area contributed by atoms with Crippen LogP contribution < -0.4 is 4.74 Å². The predicted octanol–water partition coefficient (Wildman–Crippen LogP) is 6.17. The quantitative estimate of drug-likeness (QED) is 0.366. The Bertz CT molecular complexity index is 865.